The van der Waals surface area contributed by atoms with Crippen molar-refractivity contribution in [2.75, 3.05) is 18.0 Å². The number of rotatable bonds is 6. The lowest BCUT2D eigenvalue weighted by molar-refractivity contribution is 0.0955. The molecule has 4 nitrogen and oxygen atoms in total. The minimum Gasteiger partial charge on any atom is -0.372 e. The topological polar surface area (TPSA) is 44.7 Å². The Labute approximate surface area is 145 Å². The number of benzene rings is 1. The molecule has 2 aromatic rings. The molecule has 0 aliphatic carbocycles. The van der Waals surface area contributed by atoms with Gasteiger partial charge in [0.2, 0.25) is 0 Å². The van der Waals surface area contributed by atoms with Gasteiger partial charge in [0.05, 0.1) is 14.9 Å². The zero-order valence-electron chi connectivity index (χ0n) is 13.5. The quantitative estimate of drug-likeness (QED) is 0.620. The highest BCUT2D eigenvalue weighted by atomic mass is 35.5. The van der Waals surface area contributed by atoms with E-state index >= 15 is 0 Å². The average Bonchev–Trinajstić information content (AvgIpc) is 3.00. The number of halogens is 1. The molecule has 1 N–H and O–H groups in total. The van der Waals surface area contributed by atoms with E-state index in [9.17, 15) is 4.79 Å². The second-order valence-corrected chi connectivity index (χ2v) is 6.68. The lowest BCUT2D eigenvalue weighted by Crippen LogP contribution is -2.22. The van der Waals surface area contributed by atoms with Crippen LogP contribution >= 0.6 is 22.9 Å². The van der Waals surface area contributed by atoms with Gasteiger partial charge in [-0.2, -0.15) is 5.10 Å². The van der Waals surface area contributed by atoms with E-state index in [2.05, 4.69) is 29.3 Å². The van der Waals surface area contributed by atoms with E-state index in [-0.39, 0.29) is 5.91 Å². The maximum Gasteiger partial charge on any atom is 0.271 e. The molecule has 0 spiro atoms. The van der Waals surface area contributed by atoms with E-state index in [4.69, 9.17) is 11.6 Å². The van der Waals surface area contributed by atoms with Crippen LogP contribution < -0.4 is 10.3 Å². The van der Waals surface area contributed by atoms with Crippen molar-refractivity contribution in [1.82, 2.24) is 5.43 Å². The van der Waals surface area contributed by atoms with Gasteiger partial charge in [0.1, 0.15) is 0 Å². The molecule has 0 bridgehead atoms. The largest absolute Gasteiger partial charge is 0.372 e. The number of nitrogens with zero attached hydrogens (tertiary/aromatic N) is 2. The third-order valence-electron chi connectivity index (χ3n) is 3.51. The summed E-state index contributed by atoms with van der Waals surface area (Å²) >= 11 is 7.33. The van der Waals surface area contributed by atoms with Crippen molar-refractivity contribution < 1.29 is 4.79 Å². The molecule has 0 saturated carbocycles. The van der Waals surface area contributed by atoms with Crippen molar-refractivity contribution in [3.8, 4) is 0 Å². The van der Waals surface area contributed by atoms with Gasteiger partial charge >= 0.3 is 0 Å². The third-order valence-corrected chi connectivity index (χ3v) is 4.85. The van der Waals surface area contributed by atoms with Crippen LogP contribution in [0.15, 0.2) is 41.5 Å². The van der Waals surface area contributed by atoms with E-state index in [1.54, 1.807) is 0 Å². The van der Waals surface area contributed by atoms with E-state index in [1.165, 1.54) is 11.3 Å². The van der Waals surface area contributed by atoms with Gasteiger partial charge in [0.15, 0.2) is 0 Å². The molecule has 1 aromatic carbocycles. The Morgan fingerprint density at radius 2 is 1.83 bits per heavy atom. The van der Waals surface area contributed by atoms with E-state index in [0.29, 0.717) is 9.90 Å². The van der Waals surface area contributed by atoms with Gasteiger partial charge in [0, 0.05) is 24.3 Å². The van der Waals surface area contributed by atoms with Gasteiger partial charge < -0.3 is 4.90 Å². The normalized spacial score (nSPS) is 11.4. The summed E-state index contributed by atoms with van der Waals surface area (Å²) in [6.45, 7) is 7.94. The van der Waals surface area contributed by atoms with Gasteiger partial charge in [-0.1, -0.05) is 11.6 Å². The highest BCUT2D eigenvalue weighted by Crippen LogP contribution is 2.21. The Hall–Kier alpha value is -1.85. The number of thiophene rings is 1. The van der Waals surface area contributed by atoms with E-state index in [0.717, 1.165) is 29.4 Å². The van der Waals surface area contributed by atoms with Gasteiger partial charge in [-0.25, -0.2) is 5.43 Å². The first kappa shape index (κ1) is 17.5. The molecule has 1 aromatic heterocycles. The van der Waals surface area contributed by atoms with Crippen molar-refractivity contribution >= 4 is 40.2 Å². The van der Waals surface area contributed by atoms with Crippen LogP contribution in [0.2, 0.25) is 4.34 Å². The van der Waals surface area contributed by atoms with Crippen LogP contribution in [0, 0.1) is 0 Å². The molecule has 1 heterocycles. The van der Waals surface area contributed by atoms with Crippen molar-refractivity contribution in [3.63, 3.8) is 0 Å². The van der Waals surface area contributed by atoms with Crippen molar-refractivity contribution in [2.45, 2.75) is 20.8 Å². The maximum absolute atomic E-state index is 12.2. The number of nitrogens with one attached hydrogen (secondary N) is 1. The van der Waals surface area contributed by atoms with Crippen molar-refractivity contribution in [2.24, 2.45) is 5.10 Å². The molecular weight excluding hydrogens is 330 g/mol. The summed E-state index contributed by atoms with van der Waals surface area (Å²) in [7, 11) is 0. The molecular formula is C17H20ClN3OS. The monoisotopic (exact) mass is 349 g/mol. The summed E-state index contributed by atoms with van der Waals surface area (Å²) in [5.41, 5.74) is 5.01. The number of hydrogen-bond donors (Lipinski definition) is 1. The van der Waals surface area contributed by atoms with Gasteiger partial charge in [-0.05, 0) is 57.2 Å². The lowest BCUT2D eigenvalue weighted by atomic mass is 10.2. The van der Waals surface area contributed by atoms with E-state index in [1.807, 2.05) is 43.3 Å². The Bertz CT molecular complexity index is 690. The van der Waals surface area contributed by atoms with Crippen LogP contribution in [-0.2, 0) is 0 Å². The molecule has 6 heteroatoms. The fourth-order valence-electron chi connectivity index (χ4n) is 2.18. The van der Waals surface area contributed by atoms with Crippen LogP contribution in [0.3, 0.4) is 0 Å². The van der Waals surface area contributed by atoms with Crippen molar-refractivity contribution in [1.29, 1.82) is 0 Å². The summed E-state index contributed by atoms with van der Waals surface area (Å²) in [4.78, 5) is 15.3. The molecule has 0 saturated heterocycles. The summed E-state index contributed by atoms with van der Waals surface area (Å²) in [6, 6.07) is 11.2. The van der Waals surface area contributed by atoms with Gasteiger partial charge in [0.25, 0.3) is 5.91 Å². The molecule has 0 unspecified atom stereocenters. The Morgan fingerprint density at radius 3 is 2.35 bits per heavy atom. The van der Waals surface area contributed by atoms with Crippen LogP contribution in [0.5, 0.6) is 0 Å². The molecule has 1 amide bonds. The number of hydrazone groups is 1. The summed E-state index contributed by atoms with van der Waals surface area (Å²) in [5.74, 6) is -0.224. The fourth-order valence-corrected chi connectivity index (χ4v) is 3.16. The van der Waals surface area contributed by atoms with Crippen molar-refractivity contribution in [3.05, 3.63) is 51.2 Å². The molecule has 2 rings (SSSR count). The zero-order valence-corrected chi connectivity index (χ0v) is 15.0. The third kappa shape index (κ3) is 4.56. The smallest absolute Gasteiger partial charge is 0.271 e. The Morgan fingerprint density at radius 1 is 1.17 bits per heavy atom. The Kier molecular flexibility index (Phi) is 6.19. The second kappa shape index (κ2) is 8.13. The first-order valence-electron chi connectivity index (χ1n) is 7.50. The second-order valence-electron chi connectivity index (χ2n) is 4.96. The minimum absolute atomic E-state index is 0.224. The number of carbonyl (C=O) groups excluding carboxylic acids is 1. The van der Waals surface area contributed by atoms with Crippen LogP contribution in [0.25, 0.3) is 0 Å². The molecule has 23 heavy (non-hydrogen) atoms. The molecule has 0 aliphatic rings. The highest BCUT2D eigenvalue weighted by molar-refractivity contribution is 7.18. The number of carbonyl (C=O) groups is 1. The fraction of sp³-hybridized carbons (Fsp3) is 0.294. The first-order chi connectivity index (χ1) is 11.0. The molecule has 122 valence electrons. The number of anilines is 1. The predicted molar refractivity (Wildman–Crippen MR) is 99.0 cm³/mol. The number of hydrogen-bond acceptors (Lipinski definition) is 4. The van der Waals surface area contributed by atoms with Crippen LogP contribution in [0.4, 0.5) is 5.69 Å². The summed E-state index contributed by atoms with van der Waals surface area (Å²) in [5, 5.41) is 4.13. The van der Waals surface area contributed by atoms with Gasteiger partial charge in [-0.15, -0.1) is 11.3 Å². The minimum atomic E-state index is -0.224. The first-order valence-corrected chi connectivity index (χ1v) is 8.70. The Balaban J connectivity index is 2.03. The van der Waals surface area contributed by atoms with Crippen LogP contribution in [0.1, 0.15) is 36.0 Å². The summed E-state index contributed by atoms with van der Waals surface area (Å²) < 4.78 is 0.702. The lowest BCUT2D eigenvalue weighted by Gasteiger charge is -2.20. The van der Waals surface area contributed by atoms with Gasteiger partial charge in [-0.3, -0.25) is 4.79 Å². The molecule has 0 atom stereocenters. The standard InChI is InChI=1S/C17H20ClN3OS/c1-4-21(5-2)14-8-6-13(7-9-14)17(22)20-19-12(3)15-10-11-16(18)23-15/h6-11H,4-5H2,1-3H3,(H,20,22)/b19-12+. The predicted octanol–water partition coefficient (Wildman–Crippen LogP) is 4.40. The number of amides is 1. The SMILES string of the molecule is CCN(CC)c1ccc(C(=O)N/N=C(\C)c2ccc(Cl)s2)cc1. The molecule has 0 radical (unpaired) electrons. The van der Waals surface area contributed by atoms with E-state index < -0.39 is 0 Å². The average molecular weight is 350 g/mol. The zero-order chi connectivity index (χ0) is 16.8. The molecule has 0 fully saturated rings. The van der Waals surface area contributed by atoms with Crippen LogP contribution in [-0.4, -0.2) is 24.7 Å². The summed E-state index contributed by atoms with van der Waals surface area (Å²) in [6.07, 6.45) is 0. The highest BCUT2D eigenvalue weighted by Gasteiger charge is 2.07. The molecule has 0 aliphatic heterocycles. The maximum atomic E-state index is 12.2.